The molecule has 0 aliphatic rings. The summed E-state index contributed by atoms with van der Waals surface area (Å²) in [5.41, 5.74) is 6.86. The van der Waals surface area contributed by atoms with E-state index in [9.17, 15) is 5.11 Å². The van der Waals surface area contributed by atoms with Crippen molar-refractivity contribution in [2.75, 3.05) is 5.43 Å². The van der Waals surface area contributed by atoms with E-state index in [1.54, 1.807) is 18.2 Å². The van der Waals surface area contributed by atoms with Gasteiger partial charge in [-0.3, -0.25) is 0 Å². The number of anilines is 1. The van der Waals surface area contributed by atoms with Crippen molar-refractivity contribution < 1.29 is 5.11 Å². The molecule has 0 saturated heterocycles. The summed E-state index contributed by atoms with van der Waals surface area (Å²) in [5, 5.41) is 14.7. The van der Waals surface area contributed by atoms with E-state index in [0.29, 0.717) is 16.5 Å². The van der Waals surface area contributed by atoms with Gasteiger partial charge in [-0.1, -0.05) is 66.2 Å². The van der Waals surface area contributed by atoms with E-state index in [1.807, 2.05) is 66.7 Å². The maximum atomic E-state index is 9.85. The summed E-state index contributed by atoms with van der Waals surface area (Å²) >= 11 is 6.01. The van der Waals surface area contributed by atoms with Crippen LogP contribution in [0.2, 0.25) is 5.02 Å². The van der Waals surface area contributed by atoms with E-state index in [2.05, 4.69) is 20.5 Å². The first-order valence-electron chi connectivity index (χ1n) is 8.96. The molecule has 0 spiro atoms. The molecule has 142 valence electrons. The van der Waals surface area contributed by atoms with Gasteiger partial charge in [0.05, 0.1) is 17.6 Å². The Morgan fingerprint density at radius 1 is 0.793 bits per heavy atom. The number of phenolic OH excluding ortho intramolecular Hbond substituents is 1. The molecule has 3 aromatic carbocycles. The van der Waals surface area contributed by atoms with Crippen LogP contribution >= 0.6 is 11.6 Å². The zero-order valence-corrected chi connectivity index (χ0v) is 16.1. The predicted octanol–water partition coefficient (Wildman–Crippen LogP) is 5.62. The molecular weight excluding hydrogens is 384 g/mol. The van der Waals surface area contributed by atoms with Crippen molar-refractivity contribution in [2.24, 2.45) is 5.10 Å². The topological polar surface area (TPSA) is 70.4 Å². The molecule has 0 aliphatic carbocycles. The van der Waals surface area contributed by atoms with E-state index in [1.165, 1.54) is 6.21 Å². The van der Waals surface area contributed by atoms with Crippen LogP contribution in [0.1, 0.15) is 5.56 Å². The number of hydrazone groups is 1. The van der Waals surface area contributed by atoms with Gasteiger partial charge < -0.3 is 5.11 Å². The highest BCUT2D eigenvalue weighted by Gasteiger charge is 2.08. The molecule has 0 saturated carbocycles. The zero-order chi connectivity index (χ0) is 20.1. The van der Waals surface area contributed by atoms with Crippen molar-refractivity contribution in [1.82, 2.24) is 9.97 Å². The SMILES string of the molecule is Oc1ccccc1C=NNc1nc(-c2ccccc2)cc(-c2ccc(Cl)cc2)n1. The van der Waals surface area contributed by atoms with Crippen LogP contribution in [-0.4, -0.2) is 21.3 Å². The standard InChI is InChI=1S/C23H17ClN4O/c24-19-12-10-17(11-13-19)21-14-20(16-6-2-1-3-7-16)26-23(27-21)28-25-15-18-8-4-5-9-22(18)29/h1-15,29H,(H,26,27,28). The van der Waals surface area contributed by atoms with Gasteiger partial charge in [0.25, 0.3) is 0 Å². The number of benzene rings is 3. The molecule has 4 rings (SSSR count). The Bertz CT molecular complexity index is 1150. The molecule has 2 N–H and O–H groups in total. The van der Waals surface area contributed by atoms with Gasteiger partial charge in [0, 0.05) is 21.7 Å². The highest BCUT2D eigenvalue weighted by atomic mass is 35.5. The number of aromatic hydroxyl groups is 1. The molecule has 0 amide bonds. The van der Waals surface area contributed by atoms with E-state index < -0.39 is 0 Å². The average molecular weight is 401 g/mol. The third kappa shape index (κ3) is 4.59. The monoisotopic (exact) mass is 400 g/mol. The molecule has 0 aliphatic heterocycles. The minimum Gasteiger partial charge on any atom is -0.507 e. The van der Waals surface area contributed by atoms with Gasteiger partial charge in [0.15, 0.2) is 0 Å². The maximum absolute atomic E-state index is 9.85. The first-order valence-corrected chi connectivity index (χ1v) is 9.34. The van der Waals surface area contributed by atoms with Gasteiger partial charge in [-0.15, -0.1) is 0 Å². The molecule has 4 aromatic rings. The van der Waals surface area contributed by atoms with E-state index in [4.69, 9.17) is 11.6 Å². The quantitative estimate of drug-likeness (QED) is 0.337. The van der Waals surface area contributed by atoms with Crippen molar-refractivity contribution in [3.63, 3.8) is 0 Å². The maximum Gasteiger partial charge on any atom is 0.244 e. The second kappa shape index (κ2) is 8.54. The van der Waals surface area contributed by atoms with Crippen LogP contribution < -0.4 is 5.43 Å². The van der Waals surface area contributed by atoms with E-state index in [0.717, 1.165) is 22.5 Å². The number of phenols is 1. The summed E-state index contributed by atoms with van der Waals surface area (Å²) < 4.78 is 0. The molecular formula is C23H17ClN4O. The van der Waals surface area contributed by atoms with Crippen molar-refractivity contribution in [3.05, 3.63) is 95.5 Å². The van der Waals surface area contributed by atoms with Crippen LogP contribution in [0.5, 0.6) is 5.75 Å². The van der Waals surface area contributed by atoms with Gasteiger partial charge in [-0.05, 0) is 30.3 Å². The van der Waals surface area contributed by atoms with Crippen molar-refractivity contribution in [3.8, 4) is 28.3 Å². The van der Waals surface area contributed by atoms with Crippen molar-refractivity contribution in [2.45, 2.75) is 0 Å². The third-order valence-corrected chi connectivity index (χ3v) is 4.49. The van der Waals surface area contributed by atoms with Crippen molar-refractivity contribution in [1.29, 1.82) is 0 Å². The van der Waals surface area contributed by atoms with Gasteiger partial charge in [-0.2, -0.15) is 5.10 Å². The lowest BCUT2D eigenvalue weighted by Gasteiger charge is -2.08. The molecule has 1 aromatic heterocycles. The van der Waals surface area contributed by atoms with Crippen LogP contribution in [-0.2, 0) is 0 Å². The lowest BCUT2D eigenvalue weighted by Crippen LogP contribution is -2.00. The number of rotatable bonds is 5. The number of hydrogen-bond donors (Lipinski definition) is 2. The summed E-state index contributed by atoms with van der Waals surface area (Å²) in [5.74, 6) is 0.502. The lowest BCUT2D eigenvalue weighted by molar-refractivity contribution is 0.474. The summed E-state index contributed by atoms with van der Waals surface area (Å²) in [6.07, 6.45) is 1.52. The van der Waals surface area contributed by atoms with Crippen molar-refractivity contribution >= 4 is 23.8 Å². The lowest BCUT2D eigenvalue weighted by atomic mass is 10.1. The zero-order valence-electron chi connectivity index (χ0n) is 15.3. The third-order valence-electron chi connectivity index (χ3n) is 4.24. The van der Waals surface area contributed by atoms with Crippen LogP contribution in [0.4, 0.5) is 5.95 Å². The van der Waals surface area contributed by atoms with Crippen LogP contribution in [0, 0.1) is 0 Å². The molecule has 0 radical (unpaired) electrons. The van der Waals surface area contributed by atoms with Crippen LogP contribution in [0.25, 0.3) is 22.5 Å². The Labute approximate surface area is 173 Å². The Kier molecular flexibility index (Phi) is 5.49. The fraction of sp³-hybridized carbons (Fsp3) is 0. The smallest absolute Gasteiger partial charge is 0.244 e. The Balaban J connectivity index is 1.69. The van der Waals surface area contributed by atoms with E-state index in [-0.39, 0.29) is 5.75 Å². The molecule has 1 heterocycles. The van der Waals surface area contributed by atoms with Gasteiger partial charge in [0.2, 0.25) is 5.95 Å². The second-order valence-corrected chi connectivity index (χ2v) is 6.70. The van der Waals surface area contributed by atoms with Gasteiger partial charge in [0.1, 0.15) is 5.75 Å². The Morgan fingerprint density at radius 3 is 2.10 bits per heavy atom. The molecule has 0 fully saturated rings. The summed E-state index contributed by atoms with van der Waals surface area (Å²) in [6, 6.07) is 26.2. The molecule has 0 unspecified atom stereocenters. The number of hydrogen-bond acceptors (Lipinski definition) is 5. The first kappa shape index (κ1) is 18.7. The molecule has 6 heteroatoms. The summed E-state index contributed by atoms with van der Waals surface area (Å²) in [4.78, 5) is 9.15. The molecule has 5 nitrogen and oxygen atoms in total. The highest BCUT2D eigenvalue weighted by Crippen LogP contribution is 2.26. The second-order valence-electron chi connectivity index (χ2n) is 6.26. The van der Waals surface area contributed by atoms with E-state index >= 15 is 0 Å². The molecule has 0 bridgehead atoms. The van der Waals surface area contributed by atoms with Gasteiger partial charge >= 0.3 is 0 Å². The number of nitrogens with zero attached hydrogens (tertiary/aromatic N) is 3. The number of para-hydroxylation sites is 1. The minimum absolute atomic E-state index is 0.152. The normalized spacial score (nSPS) is 10.9. The predicted molar refractivity (Wildman–Crippen MR) is 117 cm³/mol. The number of aromatic nitrogens is 2. The van der Waals surface area contributed by atoms with Crippen LogP contribution in [0.15, 0.2) is 90.0 Å². The molecule has 29 heavy (non-hydrogen) atoms. The Hall–Kier alpha value is -3.70. The fourth-order valence-electron chi connectivity index (χ4n) is 2.78. The largest absolute Gasteiger partial charge is 0.507 e. The highest BCUT2D eigenvalue weighted by molar-refractivity contribution is 6.30. The minimum atomic E-state index is 0.152. The molecule has 0 atom stereocenters. The number of halogens is 1. The average Bonchev–Trinajstić information content (AvgIpc) is 2.76. The van der Waals surface area contributed by atoms with Crippen LogP contribution in [0.3, 0.4) is 0 Å². The number of nitrogens with one attached hydrogen (secondary N) is 1. The summed E-state index contributed by atoms with van der Waals surface area (Å²) in [6.45, 7) is 0. The fourth-order valence-corrected chi connectivity index (χ4v) is 2.90. The summed E-state index contributed by atoms with van der Waals surface area (Å²) in [7, 11) is 0. The first-order chi connectivity index (χ1) is 14.2. The van der Waals surface area contributed by atoms with Gasteiger partial charge in [-0.25, -0.2) is 15.4 Å². The Morgan fingerprint density at radius 2 is 1.41 bits per heavy atom.